The van der Waals surface area contributed by atoms with Crippen LogP contribution in [-0.2, 0) is 0 Å². The molecule has 0 aliphatic heterocycles. The molecule has 0 aromatic heterocycles. The van der Waals surface area contributed by atoms with Gasteiger partial charge in [-0.25, -0.2) is 4.79 Å². The summed E-state index contributed by atoms with van der Waals surface area (Å²) in [6, 6.07) is 8.28. The highest BCUT2D eigenvalue weighted by Crippen LogP contribution is 2.41. The van der Waals surface area contributed by atoms with Crippen LogP contribution in [-0.4, -0.2) is 16.4 Å². The van der Waals surface area contributed by atoms with Gasteiger partial charge in [-0.15, -0.1) is 0 Å². The van der Waals surface area contributed by atoms with Gasteiger partial charge in [-0.1, -0.05) is 30.7 Å². The average molecular weight is 243 g/mol. The summed E-state index contributed by atoms with van der Waals surface area (Å²) in [4.78, 5) is 8.56. The largest absolute Gasteiger partial charge is 0.503 e. The van der Waals surface area contributed by atoms with E-state index in [2.05, 4.69) is 19.1 Å². The van der Waals surface area contributed by atoms with E-state index in [0.717, 1.165) is 16.9 Å². The molecule has 2 rings (SSSR count). The van der Waals surface area contributed by atoms with Crippen molar-refractivity contribution in [3.05, 3.63) is 34.9 Å². The van der Waals surface area contributed by atoms with Crippen LogP contribution in [0.2, 0.25) is 5.02 Å². The van der Waals surface area contributed by atoms with Crippen LogP contribution in [0.4, 0.5) is 4.79 Å². The van der Waals surface area contributed by atoms with Gasteiger partial charge in [-0.2, -0.15) is 0 Å². The third-order valence-corrected chi connectivity index (χ3v) is 2.97. The minimum atomic E-state index is -1.83. The Balaban J connectivity index is 0.000000280. The van der Waals surface area contributed by atoms with E-state index in [-0.39, 0.29) is 0 Å². The van der Waals surface area contributed by atoms with Crippen molar-refractivity contribution >= 4 is 17.8 Å². The molecular weight excluding hydrogens is 228 g/mol. The summed E-state index contributed by atoms with van der Waals surface area (Å²) >= 11 is 5.81. The SMILES string of the molecule is CC1CC(c2ccc(Cl)cc2)C1.O=C(O)O. The van der Waals surface area contributed by atoms with E-state index in [1.54, 1.807) is 0 Å². The van der Waals surface area contributed by atoms with Gasteiger partial charge < -0.3 is 10.2 Å². The Labute approximate surface area is 99.7 Å². The Kier molecular flexibility index (Phi) is 4.62. The molecule has 1 aliphatic carbocycles. The molecule has 0 amide bonds. The van der Waals surface area contributed by atoms with E-state index in [4.69, 9.17) is 26.6 Å². The second-order valence-corrected chi connectivity index (χ2v) is 4.54. The van der Waals surface area contributed by atoms with Gasteiger partial charge in [-0.05, 0) is 42.4 Å². The van der Waals surface area contributed by atoms with Crippen LogP contribution in [0.3, 0.4) is 0 Å². The molecule has 1 fully saturated rings. The molecule has 0 bridgehead atoms. The fraction of sp³-hybridized carbons (Fsp3) is 0.417. The number of carboxylic acid groups (broad SMARTS) is 2. The molecule has 1 aromatic carbocycles. The molecule has 1 aromatic rings. The summed E-state index contributed by atoms with van der Waals surface area (Å²) in [7, 11) is 0. The van der Waals surface area contributed by atoms with Gasteiger partial charge in [0.25, 0.3) is 0 Å². The summed E-state index contributed by atoms with van der Waals surface area (Å²) < 4.78 is 0. The Hall–Kier alpha value is -1.22. The van der Waals surface area contributed by atoms with Crippen molar-refractivity contribution in [2.75, 3.05) is 0 Å². The third-order valence-electron chi connectivity index (χ3n) is 2.72. The zero-order chi connectivity index (χ0) is 12.1. The maximum atomic E-state index is 8.56. The minimum Gasteiger partial charge on any atom is -0.450 e. The molecule has 0 spiro atoms. The molecule has 0 unspecified atom stereocenters. The van der Waals surface area contributed by atoms with Crippen LogP contribution < -0.4 is 0 Å². The lowest BCUT2D eigenvalue weighted by Crippen LogP contribution is -2.18. The topological polar surface area (TPSA) is 57.5 Å². The first kappa shape index (κ1) is 12.8. The summed E-state index contributed by atoms with van der Waals surface area (Å²) in [5.41, 5.74) is 1.46. The first-order chi connectivity index (χ1) is 7.49. The van der Waals surface area contributed by atoms with Crippen molar-refractivity contribution < 1.29 is 15.0 Å². The van der Waals surface area contributed by atoms with Gasteiger partial charge in [0.15, 0.2) is 0 Å². The van der Waals surface area contributed by atoms with E-state index < -0.39 is 6.16 Å². The number of hydrogen-bond donors (Lipinski definition) is 2. The molecule has 0 heterocycles. The lowest BCUT2D eigenvalue weighted by atomic mass is 9.72. The molecule has 0 radical (unpaired) electrons. The minimum absolute atomic E-state index is 0.803. The highest BCUT2D eigenvalue weighted by molar-refractivity contribution is 6.30. The van der Waals surface area contributed by atoms with Crippen molar-refractivity contribution in [2.24, 2.45) is 5.92 Å². The Morgan fingerprint density at radius 1 is 1.25 bits per heavy atom. The van der Waals surface area contributed by atoms with Crippen molar-refractivity contribution in [1.82, 2.24) is 0 Å². The predicted molar refractivity (Wildman–Crippen MR) is 63.2 cm³/mol. The predicted octanol–water partition coefficient (Wildman–Crippen LogP) is 4.08. The van der Waals surface area contributed by atoms with Crippen molar-refractivity contribution in [2.45, 2.75) is 25.7 Å². The van der Waals surface area contributed by atoms with Gasteiger partial charge in [-0.3, -0.25) is 0 Å². The number of carbonyl (C=O) groups is 1. The molecule has 0 saturated heterocycles. The fourth-order valence-corrected chi connectivity index (χ4v) is 2.04. The second kappa shape index (κ2) is 5.75. The quantitative estimate of drug-likeness (QED) is 0.780. The standard InChI is InChI=1S/C11H13Cl.CH2O3/c1-8-6-10(7-8)9-2-4-11(12)5-3-9;2-1(3)4/h2-5,8,10H,6-7H2,1H3;(H2,2,3,4). The summed E-state index contributed by atoms with van der Waals surface area (Å²) in [6.45, 7) is 2.31. The van der Waals surface area contributed by atoms with Crippen LogP contribution in [0.1, 0.15) is 31.2 Å². The van der Waals surface area contributed by atoms with Crippen LogP contribution in [0.5, 0.6) is 0 Å². The molecule has 16 heavy (non-hydrogen) atoms. The van der Waals surface area contributed by atoms with Gasteiger partial charge >= 0.3 is 6.16 Å². The zero-order valence-corrected chi connectivity index (χ0v) is 9.81. The Morgan fingerprint density at radius 3 is 2.06 bits per heavy atom. The average Bonchev–Trinajstić information content (AvgIpc) is 2.14. The highest BCUT2D eigenvalue weighted by atomic mass is 35.5. The van der Waals surface area contributed by atoms with E-state index in [0.29, 0.717) is 0 Å². The van der Waals surface area contributed by atoms with E-state index in [1.807, 2.05) is 12.1 Å². The number of rotatable bonds is 1. The maximum Gasteiger partial charge on any atom is 0.503 e. The van der Waals surface area contributed by atoms with Crippen LogP contribution in [0, 0.1) is 5.92 Å². The third kappa shape index (κ3) is 4.11. The van der Waals surface area contributed by atoms with E-state index in [1.165, 1.54) is 18.4 Å². The first-order valence-electron chi connectivity index (χ1n) is 5.16. The number of halogens is 1. The first-order valence-corrected chi connectivity index (χ1v) is 5.54. The lowest BCUT2D eigenvalue weighted by Gasteiger charge is -2.33. The summed E-state index contributed by atoms with van der Waals surface area (Å²) in [6.07, 6.45) is 0.864. The van der Waals surface area contributed by atoms with Crippen molar-refractivity contribution in [1.29, 1.82) is 0 Å². The lowest BCUT2D eigenvalue weighted by molar-refractivity contribution is 0.137. The van der Waals surface area contributed by atoms with Gasteiger partial charge in [0.2, 0.25) is 0 Å². The highest BCUT2D eigenvalue weighted by Gasteiger charge is 2.26. The van der Waals surface area contributed by atoms with Gasteiger partial charge in [0, 0.05) is 5.02 Å². The van der Waals surface area contributed by atoms with Crippen LogP contribution in [0.15, 0.2) is 24.3 Å². The van der Waals surface area contributed by atoms with Crippen LogP contribution >= 0.6 is 11.6 Å². The zero-order valence-electron chi connectivity index (χ0n) is 9.06. The number of benzene rings is 1. The summed E-state index contributed by atoms with van der Waals surface area (Å²) in [5, 5.41) is 14.8. The Bertz CT molecular complexity index is 338. The van der Waals surface area contributed by atoms with E-state index >= 15 is 0 Å². The molecule has 88 valence electrons. The van der Waals surface area contributed by atoms with Gasteiger partial charge in [0.05, 0.1) is 0 Å². The molecule has 1 saturated carbocycles. The molecule has 4 heteroatoms. The maximum absolute atomic E-state index is 8.56. The van der Waals surface area contributed by atoms with Crippen molar-refractivity contribution in [3.8, 4) is 0 Å². The normalized spacial score (nSPS) is 22.6. The van der Waals surface area contributed by atoms with Gasteiger partial charge in [0.1, 0.15) is 0 Å². The monoisotopic (exact) mass is 242 g/mol. The van der Waals surface area contributed by atoms with Crippen LogP contribution in [0.25, 0.3) is 0 Å². The van der Waals surface area contributed by atoms with Crippen molar-refractivity contribution in [3.63, 3.8) is 0 Å². The molecule has 1 aliphatic rings. The Morgan fingerprint density at radius 2 is 1.69 bits per heavy atom. The summed E-state index contributed by atoms with van der Waals surface area (Å²) in [5.74, 6) is 1.72. The molecule has 0 atom stereocenters. The second-order valence-electron chi connectivity index (χ2n) is 4.11. The smallest absolute Gasteiger partial charge is 0.450 e. The molecule has 3 nitrogen and oxygen atoms in total. The molecule has 2 N–H and O–H groups in total. The fourth-order valence-electron chi connectivity index (χ4n) is 1.91. The van der Waals surface area contributed by atoms with E-state index in [9.17, 15) is 0 Å². The molecular formula is C12H15ClO3. The number of hydrogen-bond acceptors (Lipinski definition) is 1.